The van der Waals surface area contributed by atoms with Crippen LogP contribution < -0.4 is 19.5 Å². The van der Waals surface area contributed by atoms with Crippen LogP contribution in [0.25, 0.3) is 16.6 Å². The van der Waals surface area contributed by atoms with Crippen molar-refractivity contribution in [3.05, 3.63) is 83.7 Å². The second kappa shape index (κ2) is 11.3. The standard InChI is InChI=1S/C31H32N6O4/c1-39-23-15-14-21(26(17-23)41-3)18-32-31-33-27-24(12-7-13-25(27)40-2)29-34-28(35-37(29)31)22-11-8-16-36(19-22)30(38)20-9-5-4-6-10-20/h4-7,9-10,12-15,17,22H,8,11,16,18-19H2,1-3H3,(H,32,33). The molecule has 3 heterocycles. The van der Waals surface area contributed by atoms with Gasteiger partial charge in [-0.05, 0) is 49.2 Å². The SMILES string of the molecule is COc1ccc(CNc2nc3c(OC)cccc3c3nc(C4CCCN(C(=O)c5ccccc5)C4)nn23)c(OC)c1. The van der Waals surface area contributed by atoms with Crippen molar-refractivity contribution >= 4 is 28.4 Å². The van der Waals surface area contributed by atoms with E-state index in [4.69, 9.17) is 29.3 Å². The van der Waals surface area contributed by atoms with E-state index in [0.29, 0.717) is 53.1 Å². The second-order valence-corrected chi connectivity index (χ2v) is 9.98. The molecule has 10 nitrogen and oxygen atoms in total. The molecule has 41 heavy (non-hydrogen) atoms. The molecule has 0 radical (unpaired) electrons. The molecule has 0 bridgehead atoms. The molecule has 0 saturated carbocycles. The van der Waals surface area contributed by atoms with Crippen molar-refractivity contribution in [2.45, 2.75) is 25.3 Å². The number of benzene rings is 3. The lowest BCUT2D eigenvalue weighted by atomic mass is 9.96. The minimum Gasteiger partial charge on any atom is -0.497 e. The van der Waals surface area contributed by atoms with E-state index < -0.39 is 0 Å². The first-order valence-electron chi connectivity index (χ1n) is 13.6. The highest BCUT2D eigenvalue weighted by Crippen LogP contribution is 2.32. The Morgan fingerprint density at radius 1 is 0.951 bits per heavy atom. The Hall–Kier alpha value is -4.86. The van der Waals surface area contributed by atoms with E-state index in [1.54, 1.807) is 25.8 Å². The number of carbonyl (C=O) groups is 1. The Morgan fingerprint density at radius 2 is 1.78 bits per heavy atom. The maximum atomic E-state index is 13.2. The molecule has 6 rings (SSSR count). The van der Waals surface area contributed by atoms with Crippen LogP contribution in [0.3, 0.4) is 0 Å². The second-order valence-electron chi connectivity index (χ2n) is 9.98. The highest BCUT2D eigenvalue weighted by molar-refractivity contribution is 5.96. The van der Waals surface area contributed by atoms with E-state index >= 15 is 0 Å². The highest BCUT2D eigenvalue weighted by Gasteiger charge is 2.29. The van der Waals surface area contributed by atoms with Crippen LogP contribution in [-0.2, 0) is 6.54 Å². The summed E-state index contributed by atoms with van der Waals surface area (Å²) in [6.45, 7) is 1.72. The molecule has 1 N–H and O–H groups in total. The number of anilines is 1. The monoisotopic (exact) mass is 552 g/mol. The van der Waals surface area contributed by atoms with Crippen molar-refractivity contribution in [2.24, 2.45) is 0 Å². The summed E-state index contributed by atoms with van der Waals surface area (Å²) >= 11 is 0. The normalized spacial score (nSPS) is 15.2. The minimum absolute atomic E-state index is 0.00602. The summed E-state index contributed by atoms with van der Waals surface area (Å²) < 4.78 is 18.3. The van der Waals surface area contributed by atoms with Gasteiger partial charge in [-0.15, -0.1) is 5.10 Å². The van der Waals surface area contributed by atoms with Gasteiger partial charge in [-0.1, -0.05) is 24.3 Å². The maximum Gasteiger partial charge on any atom is 0.253 e. The molecule has 0 aliphatic carbocycles. The van der Waals surface area contributed by atoms with Gasteiger partial charge in [0.05, 0.1) is 21.3 Å². The van der Waals surface area contributed by atoms with E-state index in [9.17, 15) is 4.79 Å². The molecule has 1 saturated heterocycles. The Bertz CT molecular complexity index is 1700. The fourth-order valence-corrected chi connectivity index (χ4v) is 5.38. The predicted octanol–water partition coefficient (Wildman–Crippen LogP) is 4.94. The summed E-state index contributed by atoms with van der Waals surface area (Å²) in [5, 5.41) is 9.21. The van der Waals surface area contributed by atoms with Crippen molar-refractivity contribution in [2.75, 3.05) is 39.7 Å². The number of hydrogen-bond acceptors (Lipinski definition) is 8. The lowest BCUT2D eigenvalue weighted by Crippen LogP contribution is -2.39. The average Bonchev–Trinajstić information content (AvgIpc) is 3.49. The fourth-order valence-electron chi connectivity index (χ4n) is 5.38. The smallest absolute Gasteiger partial charge is 0.253 e. The Kier molecular flexibility index (Phi) is 7.28. The van der Waals surface area contributed by atoms with E-state index in [-0.39, 0.29) is 11.8 Å². The average molecular weight is 553 g/mol. The van der Waals surface area contributed by atoms with Crippen LogP contribution in [0.5, 0.6) is 17.2 Å². The van der Waals surface area contributed by atoms with Gasteiger partial charge < -0.3 is 24.4 Å². The van der Waals surface area contributed by atoms with Gasteiger partial charge in [-0.25, -0.2) is 9.97 Å². The lowest BCUT2D eigenvalue weighted by molar-refractivity contribution is 0.0704. The number of nitrogens with zero attached hydrogens (tertiary/aromatic N) is 5. The van der Waals surface area contributed by atoms with Gasteiger partial charge in [0.1, 0.15) is 22.8 Å². The molecule has 1 atom stereocenters. The van der Waals surface area contributed by atoms with Gasteiger partial charge in [0, 0.05) is 48.1 Å². The number of amides is 1. The third kappa shape index (κ3) is 5.08. The third-order valence-corrected chi connectivity index (χ3v) is 7.53. The largest absolute Gasteiger partial charge is 0.497 e. The molecule has 1 aliphatic heterocycles. The zero-order valence-electron chi connectivity index (χ0n) is 23.3. The van der Waals surface area contributed by atoms with Crippen LogP contribution in [0.1, 0.15) is 40.5 Å². The molecule has 0 spiro atoms. The number of aromatic nitrogens is 4. The number of nitrogens with one attached hydrogen (secondary N) is 1. The first-order chi connectivity index (χ1) is 20.1. The summed E-state index contributed by atoms with van der Waals surface area (Å²) in [4.78, 5) is 25.0. The molecule has 1 amide bonds. The number of likely N-dealkylation sites (tertiary alicyclic amines) is 1. The Morgan fingerprint density at radius 3 is 2.56 bits per heavy atom. The molecular formula is C31H32N6O4. The number of methoxy groups -OCH3 is 3. The number of para-hydroxylation sites is 1. The van der Waals surface area contributed by atoms with Crippen LogP contribution in [0.15, 0.2) is 66.7 Å². The van der Waals surface area contributed by atoms with Gasteiger partial charge in [0.25, 0.3) is 5.91 Å². The summed E-state index contributed by atoms with van der Waals surface area (Å²) in [6.07, 6.45) is 1.78. The van der Waals surface area contributed by atoms with Gasteiger partial charge >= 0.3 is 0 Å². The summed E-state index contributed by atoms with van der Waals surface area (Å²) in [5.74, 6) is 3.33. The van der Waals surface area contributed by atoms with E-state index in [0.717, 1.165) is 36.1 Å². The van der Waals surface area contributed by atoms with E-state index in [1.165, 1.54) is 0 Å². The summed E-state index contributed by atoms with van der Waals surface area (Å²) in [5.41, 5.74) is 3.00. The molecule has 10 heteroatoms. The van der Waals surface area contributed by atoms with Crippen LogP contribution in [0.4, 0.5) is 5.95 Å². The van der Waals surface area contributed by atoms with E-state index in [2.05, 4.69) is 5.32 Å². The molecule has 210 valence electrons. The lowest BCUT2D eigenvalue weighted by Gasteiger charge is -2.31. The maximum absolute atomic E-state index is 13.2. The van der Waals surface area contributed by atoms with E-state index in [1.807, 2.05) is 71.6 Å². The van der Waals surface area contributed by atoms with Gasteiger partial charge in [0.15, 0.2) is 11.5 Å². The molecule has 1 aliphatic rings. The van der Waals surface area contributed by atoms with Crippen LogP contribution >= 0.6 is 0 Å². The molecule has 1 fully saturated rings. The van der Waals surface area contributed by atoms with Crippen LogP contribution in [-0.4, -0.2) is 64.8 Å². The number of fused-ring (bicyclic) bond motifs is 3. The first kappa shape index (κ1) is 26.4. The van der Waals surface area contributed by atoms with Crippen molar-refractivity contribution in [3.8, 4) is 17.2 Å². The third-order valence-electron chi connectivity index (χ3n) is 7.53. The van der Waals surface area contributed by atoms with Crippen molar-refractivity contribution < 1.29 is 19.0 Å². The van der Waals surface area contributed by atoms with Crippen molar-refractivity contribution in [1.82, 2.24) is 24.5 Å². The first-order valence-corrected chi connectivity index (χ1v) is 13.6. The number of ether oxygens (including phenoxy) is 3. The molecule has 1 unspecified atom stereocenters. The molecular weight excluding hydrogens is 520 g/mol. The fraction of sp³-hybridized carbons (Fsp3) is 0.290. The number of piperidine rings is 1. The topological polar surface area (TPSA) is 103 Å². The van der Waals surface area contributed by atoms with Gasteiger partial charge in [-0.2, -0.15) is 4.52 Å². The van der Waals surface area contributed by atoms with Gasteiger partial charge in [0.2, 0.25) is 5.95 Å². The zero-order valence-corrected chi connectivity index (χ0v) is 23.3. The Balaban J connectivity index is 1.36. The van der Waals surface area contributed by atoms with Crippen molar-refractivity contribution in [3.63, 3.8) is 0 Å². The quantitative estimate of drug-likeness (QED) is 0.289. The Labute approximate surface area is 237 Å². The summed E-state index contributed by atoms with van der Waals surface area (Å²) in [7, 11) is 4.89. The minimum atomic E-state index is 0.00602. The predicted molar refractivity (Wildman–Crippen MR) is 156 cm³/mol. The number of hydrogen-bond donors (Lipinski definition) is 1. The van der Waals surface area contributed by atoms with Gasteiger partial charge in [-0.3, -0.25) is 4.79 Å². The van der Waals surface area contributed by atoms with Crippen LogP contribution in [0.2, 0.25) is 0 Å². The highest BCUT2D eigenvalue weighted by atomic mass is 16.5. The molecule has 3 aromatic carbocycles. The van der Waals surface area contributed by atoms with Crippen molar-refractivity contribution in [1.29, 1.82) is 0 Å². The molecule has 5 aromatic rings. The zero-order chi connectivity index (χ0) is 28.3. The summed E-state index contributed by atoms with van der Waals surface area (Å²) in [6, 6.07) is 20.9. The number of carbonyl (C=O) groups excluding carboxylic acids is 1. The molecule has 2 aromatic heterocycles. The number of rotatable bonds is 8. The van der Waals surface area contributed by atoms with Crippen LogP contribution in [0, 0.1) is 0 Å².